The molecule has 0 aliphatic carbocycles. The van der Waals surface area contributed by atoms with Crippen molar-refractivity contribution >= 4 is 22.6 Å². The molecule has 0 amide bonds. The Morgan fingerprint density at radius 3 is 2.33 bits per heavy atom. The normalized spacial score (nSPS) is 11.2. The molecule has 0 bridgehead atoms. The second-order valence-corrected chi connectivity index (χ2v) is 7.90. The summed E-state index contributed by atoms with van der Waals surface area (Å²) in [7, 11) is 0. The Kier molecular flexibility index (Phi) is 5.74. The van der Waals surface area contributed by atoms with Crippen LogP contribution in [0.15, 0.2) is 84.4 Å². The molecule has 30 heavy (non-hydrogen) atoms. The molecule has 146 valence electrons. The van der Waals surface area contributed by atoms with Gasteiger partial charge in [0.15, 0.2) is 0 Å². The molecule has 0 saturated heterocycles. The van der Waals surface area contributed by atoms with Gasteiger partial charge in [0, 0.05) is 22.8 Å². The lowest BCUT2D eigenvalue weighted by Gasteiger charge is -2.08. The van der Waals surface area contributed by atoms with E-state index in [4.69, 9.17) is 4.98 Å². The number of nitrogens with zero attached hydrogens (tertiary/aromatic N) is 2. The summed E-state index contributed by atoms with van der Waals surface area (Å²) in [5, 5.41) is 15.6. The van der Waals surface area contributed by atoms with Crippen LogP contribution in [0.3, 0.4) is 0 Å². The first-order valence-corrected chi connectivity index (χ1v) is 10.6. The van der Waals surface area contributed by atoms with E-state index in [9.17, 15) is 5.26 Å². The third-order valence-electron chi connectivity index (χ3n) is 5.12. The molecular formula is C26H21N3S. The summed E-state index contributed by atoms with van der Waals surface area (Å²) in [6.07, 6.45) is 1.74. The summed E-state index contributed by atoms with van der Waals surface area (Å²) >= 11 is 1.48. The lowest BCUT2D eigenvalue weighted by atomic mass is 10.0. The fourth-order valence-electron chi connectivity index (χ4n) is 3.19. The molecule has 4 heteroatoms. The molecule has 3 nitrogen and oxygen atoms in total. The molecule has 0 atom stereocenters. The molecule has 1 heterocycles. The Hall–Kier alpha value is -3.68. The molecule has 0 spiro atoms. The molecule has 0 aliphatic rings. The number of nitrogens with one attached hydrogen (secondary N) is 1. The van der Waals surface area contributed by atoms with Crippen LogP contribution >= 0.6 is 11.3 Å². The van der Waals surface area contributed by atoms with E-state index in [1.807, 2.05) is 35.7 Å². The van der Waals surface area contributed by atoms with Gasteiger partial charge in [-0.2, -0.15) is 5.26 Å². The molecule has 1 N–H and O–H groups in total. The van der Waals surface area contributed by atoms with Crippen molar-refractivity contribution in [2.75, 3.05) is 5.32 Å². The number of anilines is 1. The lowest BCUT2D eigenvalue weighted by molar-refractivity contribution is 1.33. The smallest absolute Gasteiger partial charge is 0.136 e. The van der Waals surface area contributed by atoms with E-state index in [1.165, 1.54) is 33.6 Å². The van der Waals surface area contributed by atoms with Gasteiger partial charge in [-0.1, -0.05) is 66.7 Å². The summed E-state index contributed by atoms with van der Waals surface area (Å²) in [5.41, 5.74) is 8.18. The van der Waals surface area contributed by atoms with Gasteiger partial charge >= 0.3 is 0 Å². The van der Waals surface area contributed by atoms with Crippen molar-refractivity contribution in [2.45, 2.75) is 13.8 Å². The minimum atomic E-state index is 0.521. The Labute approximate surface area is 181 Å². The number of rotatable bonds is 5. The zero-order valence-corrected chi connectivity index (χ0v) is 17.7. The first kappa shape index (κ1) is 19.6. The number of aryl methyl sites for hydroxylation is 1. The fraction of sp³-hybridized carbons (Fsp3) is 0.0769. The van der Waals surface area contributed by atoms with Crippen molar-refractivity contribution in [3.05, 3.63) is 101 Å². The van der Waals surface area contributed by atoms with Crippen molar-refractivity contribution in [2.24, 2.45) is 0 Å². The van der Waals surface area contributed by atoms with E-state index in [-0.39, 0.29) is 0 Å². The summed E-state index contributed by atoms with van der Waals surface area (Å²) < 4.78 is 0. The molecule has 3 aromatic carbocycles. The number of aromatic nitrogens is 1. The molecule has 0 saturated carbocycles. The monoisotopic (exact) mass is 407 g/mol. The Bertz CT molecular complexity index is 1230. The van der Waals surface area contributed by atoms with Crippen LogP contribution < -0.4 is 5.32 Å². The maximum Gasteiger partial charge on any atom is 0.136 e. The van der Waals surface area contributed by atoms with E-state index in [2.05, 4.69) is 67.7 Å². The molecule has 4 aromatic rings. The van der Waals surface area contributed by atoms with Gasteiger partial charge in [0.05, 0.1) is 5.69 Å². The fourth-order valence-corrected chi connectivity index (χ4v) is 3.99. The van der Waals surface area contributed by atoms with E-state index < -0.39 is 0 Å². The number of allylic oxidation sites excluding steroid dienone is 1. The Morgan fingerprint density at radius 2 is 1.60 bits per heavy atom. The summed E-state index contributed by atoms with van der Waals surface area (Å²) in [4.78, 5) is 4.69. The molecular weight excluding hydrogens is 386 g/mol. The zero-order valence-electron chi connectivity index (χ0n) is 16.9. The number of benzene rings is 3. The van der Waals surface area contributed by atoms with E-state index in [1.54, 1.807) is 6.20 Å². The van der Waals surface area contributed by atoms with Gasteiger partial charge < -0.3 is 5.32 Å². The van der Waals surface area contributed by atoms with Gasteiger partial charge in [-0.25, -0.2) is 4.98 Å². The number of nitriles is 1. The Morgan fingerprint density at radius 1 is 0.900 bits per heavy atom. The number of hydrogen-bond donors (Lipinski definition) is 1. The minimum Gasteiger partial charge on any atom is -0.360 e. The van der Waals surface area contributed by atoms with Gasteiger partial charge in [0.1, 0.15) is 16.6 Å². The average molecular weight is 408 g/mol. The third-order valence-corrected chi connectivity index (χ3v) is 6.00. The van der Waals surface area contributed by atoms with Gasteiger partial charge in [0.25, 0.3) is 0 Å². The maximum atomic E-state index is 9.63. The van der Waals surface area contributed by atoms with Crippen LogP contribution in [-0.2, 0) is 0 Å². The van der Waals surface area contributed by atoms with Crippen molar-refractivity contribution < 1.29 is 0 Å². The first-order chi connectivity index (χ1) is 14.7. The van der Waals surface area contributed by atoms with E-state index in [0.717, 1.165) is 16.9 Å². The Balaban J connectivity index is 1.55. The van der Waals surface area contributed by atoms with Gasteiger partial charge in [-0.15, -0.1) is 11.3 Å². The highest BCUT2D eigenvalue weighted by Gasteiger charge is 2.10. The summed E-state index contributed by atoms with van der Waals surface area (Å²) in [5.74, 6) is 0. The summed E-state index contributed by atoms with van der Waals surface area (Å²) in [6.45, 7) is 4.14. The predicted octanol–water partition coefficient (Wildman–Crippen LogP) is 7.07. The van der Waals surface area contributed by atoms with Crippen LogP contribution in [0.4, 0.5) is 5.69 Å². The standard InChI is InChI=1S/C26H21N3S/c1-18-7-6-10-24(19(18)2)28-16-23(15-27)26-29-25(17-30-26)22-13-11-21(12-14-22)20-8-4-3-5-9-20/h3-14,16-17,28H,1-2H3. The largest absolute Gasteiger partial charge is 0.360 e. The highest BCUT2D eigenvalue weighted by Crippen LogP contribution is 2.28. The first-order valence-electron chi connectivity index (χ1n) is 9.70. The molecule has 0 unspecified atom stereocenters. The van der Waals surface area contributed by atoms with Crippen LogP contribution in [0.5, 0.6) is 0 Å². The van der Waals surface area contributed by atoms with Gasteiger partial charge in [0.2, 0.25) is 0 Å². The third kappa shape index (κ3) is 4.17. The van der Waals surface area contributed by atoms with Crippen LogP contribution in [-0.4, -0.2) is 4.98 Å². The van der Waals surface area contributed by atoms with Crippen molar-refractivity contribution in [3.8, 4) is 28.5 Å². The molecule has 0 radical (unpaired) electrons. The second kappa shape index (κ2) is 8.77. The topological polar surface area (TPSA) is 48.7 Å². The van der Waals surface area contributed by atoms with Crippen molar-refractivity contribution in [1.29, 1.82) is 5.26 Å². The van der Waals surface area contributed by atoms with Crippen LogP contribution in [0.25, 0.3) is 28.0 Å². The SMILES string of the molecule is Cc1cccc(NC=C(C#N)c2nc(-c3ccc(-c4ccccc4)cc3)cs2)c1C. The van der Waals surface area contributed by atoms with Crippen LogP contribution in [0, 0.1) is 25.2 Å². The minimum absolute atomic E-state index is 0.521. The lowest BCUT2D eigenvalue weighted by Crippen LogP contribution is -1.95. The quantitative estimate of drug-likeness (QED) is 0.360. The summed E-state index contributed by atoms with van der Waals surface area (Å²) in [6, 6.07) is 27.0. The maximum absolute atomic E-state index is 9.63. The van der Waals surface area contributed by atoms with Crippen LogP contribution in [0.1, 0.15) is 16.1 Å². The molecule has 0 aliphatic heterocycles. The highest BCUT2D eigenvalue weighted by molar-refractivity contribution is 7.11. The number of thiazole rings is 1. The zero-order chi connectivity index (χ0) is 20.9. The second-order valence-electron chi connectivity index (χ2n) is 7.04. The average Bonchev–Trinajstić information content (AvgIpc) is 3.28. The predicted molar refractivity (Wildman–Crippen MR) is 126 cm³/mol. The molecule has 4 rings (SSSR count). The van der Waals surface area contributed by atoms with E-state index in [0.29, 0.717) is 10.6 Å². The molecule has 0 fully saturated rings. The van der Waals surface area contributed by atoms with Crippen LogP contribution in [0.2, 0.25) is 0 Å². The highest BCUT2D eigenvalue weighted by atomic mass is 32.1. The molecule has 1 aromatic heterocycles. The number of hydrogen-bond acceptors (Lipinski definition) is 4. The van der Waals surface area contributed by atoms with Gasteiger partial charge in [-0.3, -0.25) is 0 Å². The van der Waals surface area contributed by atoms with Gasteiger partial charge in [-0.05, 0) is 42.2 Å². The van der Waals surface area contributed by atoms with E-state index >= 15 is 0 Å². The van der Waals surface area contributed by atoms with Crippen molar-refractivity contribution in [3.63, 3.8) is 0 Å². The van der Waals surface area contributed by atoms with Crippen molar-refractivity contribution in [1.82, 2.24) is 4.98 Å².